The predicted molar refractivity (Wildman–Crippen MR) is 123 cm³/mol. The standard InChI is InChI=1S/C24H25FN4O5/c1-14-10-15-17(28-14)7-8-19(23(15)25)34-24-16-11-20(32-2)21(12-18(16)26-13-27-24)33-9-5-3-4-6-22(30)29-31/h7-8,10-13,28,31H,3-6,9H2,1-2H3,(H,29,30). The molecular formula is C24H25FN4O5. The van der Waals surface area contributed by atoms with Gasteiger partial charge >= 0.3 is 0 Å². The second-order valence-electron chi connectivity index (χ2n) is 7.79. The number of rotatable bonds is 10. The van der Waals surface area contributed by atoms with Crippen LogP contribution in [0.15, 0.2) is 36.7 Å². The molecule has 4 rings (SSSR count). The van der Waals surface area contributed by atoms with Crippen LogP contribution in [-0.2, 0) is 4.79 Å². The number of halogens is 1. The molecule has 34 heavy (non-hydrogen) atoms. The summed E-state index contributed by atoms with van der Waals surface area (Å²) >= 11 is 0. The molecule has 0 saturated heterocycles. The fourth-order valence-corrected chi connectivity index (χ4v) is 3.67. The van der Waals surface area contributed by atoms with Crippen LogP contribution in [0.5, 0.6) is 23.1 Å². The number of carbonyl (C=O) groups is 1. The largest absolute Gasteiger partial charge is 0.493 e. The van der Waals surface area contributed by atoms with Crippen molar-refractivity contribution in [1.82, 2.24) is 20.4 Å². The maximum absolute atomic E-state index is 15.0. The SMILES string of the molecule is COc1cc2c(Oc3ccc4[nH]c(C)cc4c3F)ncnc2cc1OCCCCCC(=O)NO. The lowest BCUT2D eigenvalue weighted by atomic mass is 10.2. The van der Waals surface area contributed by atoms with E-state index in [2.05, 4.69) is 15.0 Å². The van der Waals surface area contributed by atoms with Crippen molar-refractivity contribution >= 4 is 27.7 Å². The molecule has 0 aliphatic rings. The Hall–Kier alpha value is -3.92. The van der Waals surface area contributed by atoms with E-state index in [1.54, 1.807) is 35.8 Å². The third kappa shape index (κ3) is 5.01. The van der Waals surface area contributed by atoms with Crippen LogP contribution in [0.2, 0.25) is 0 Å². The summed E-state index contributed by atoms with van der Waals surface area (Å²) in [5.41, 5.74) is 3.71. The average molecular weight is 468 g/mol. The number of H-pyrrole nitrogens is 1. The third-order valence-corrected chi connectivity index (χ3v) is 5.36. The molecule has 10 heteroatoms. The molecule has 2 heterocycles. The summed E-state index contributed by atoms with van der Waals surface area (Å²) in [6, 6.07) is 8.45. The van der Waals surface area contributed by atoms with Gasteiger partial charge in [0, 0.05) is 29.1 Å². The Morgan fingerprint density at radius 3 is 2.74 bits per heavy atom. The van der Waals surface area contributed by atoms with E-state index < -0.39 is 11.7 Å². The summed E-state index contributed by atoms with van der Waals surface area (Å²) in [5, 5.41) is 9.50. The molecule has 0 aliphatic heterocycles. The molecule has 2 aromatic heterocycles. The molecule has 0 fully saturated rings. The molecule has 9 nitrogen and oxygen atoms in total. The first kappa shape index (κ1) is 23.2. The quantitative estimate of drug-likeness (QED) is 0.174. The van der Waals surface area contributed by atoms with Crippen LogP contribution < -0.4 is 19.7 Å². The highest BCUT2D eigenvalue weighted by Crippen LogP contribution is 2.37. The number of amides is 1. The number of hydrogen-bond donors (Lipinski definition) is 3. The number of aromatic amines is 1. The van der Waals surface area contributed by atoms with Crippen LogP contribution in [0.3, 0.4) is 0 Å². The lowest BCUT2D eigenvalue weighted by molar-refractivity contribution is -0.129. The molecule has 0 atom stereocenters. The van der Waals surface area contributed by atoms with Gasteiger partial charge in [-0.15, -0.1) is 0 Å². The van der Waals surface area contributed by atoms with Gasteiger partial charge in [0.2, 0.25) is 11.8 Å². The summed E-state index contributed by atoms with van der Waals surface area (Å²) in [6.45, 7) is 2.28. The first-order chi connectivity index (χ1) is 16.5. The van der Waals surface area contributed by atoms with E-state index in [-0.39, 0.29) is 18.1 Å². The van der Waals surface area contributed by atoms with E-state index in [9.17, 15) is 4.79 Å². The highest BCUT2D eigenvalue weighted by molar-refractivity contribution is 5.87. The van der Waals surface area contributed by atoms with Crippen LogP contribution in [0.25, 0.3) is 21.8 Å². The number of unbranched alkanes of at least 4 members (excludes halogenated alkanes) is 2. The van der Waals surface area contributed by atoms with Crippen molar-refractivity contribution in [2.24, 2.45) is 0 Å². The predicted octanol–water partition coefficient (Wildman–Crippen LogP) is 4.80. The van der Waals surface area contributed by atoms with Gasteiger partial charge in [0.1, 0.15) is 6.33 Å². The van der Waals surface area contributed by atoms with E-state index in [0.717, 1.165) is 18.5 Å². The van der Waals surface area contributed by atoms with E-state index in [0.29, 0.717) is 46.3 Å². The molecule has 3 N–H and O–H groups in total. The van der Waals surface area contributed by atoms with Gasteiger partial charge in [-0.3, -0.25) is 10.0 Å². The number of carbonyl (C=O) groups excluding carboxylic acids is 1. The van der Waals surface area contributed by atoms with Crippen molar-refractivity contribution in [3.63, 3.8) is 0 Å². The minimum absolute atomic E-state index is 0.0562. The molecule has 4 aromatic rings. The van der Waals surface area contributed by atoms with E-state index >= 15 is 4.39 Å². The molecule has 2 aromatic carbocycles. The molecule has 0 spiro atoms. The van der Waals surface area contributed by atoms with Gasteiger partial charge in [0.05, 0.1) is 24.6 Å². The number of aromatic nitrogens is 3. The van der Waals surface area contributed by atoms with Crippen molar-refractivity contribution < 1.29 is 28.6 Å². The zero-order chi connectivity index (χ0) is 24.1. The molecule has 0 unspecified atom stereocenters. The topological polar surface area (TPSA) is 119 Å². The van der Waals surface area contributed by atoms with Gasteiger partial charge in [-0.05, 0) is 50.5 Å². The second kappa shape index (κ2) is 10.3. The first-order valence-corrected chi connectivity index (χ1v) is 10.8. The first-order valence-electron chi connectivity index (χ1n) is 10.8. The molecular weight excluding hydrogens is 443 g/mol. The summed E-state index contributed by atoms with van der Waals surface area (Å²) < 4.78 is 32.2. The normalized spacial score (nSPS) is 11.1. The summed E-state index contributed by atoms with van der Waals surface area (Å²) in [5.74, 6) is 0.338. The van der Waals surface area contributed by atoms with Crippen LogP contribution in [-0.4, -0.2) is 39.8 Å². The van der Waals surface area contributed by atoms with Crippen molar-refractivity contribution in [2.75, 3.05) is 13.7 Å². The van der Waals surface area contributed by atoms with Gasteiger partial charge in [-0.2, -0.15) is 0 Å². The number of nitrogens with one attached hydrogen (secondary N) is 2. The fourth-order valence-electron chi connectivity index (χ4n) is 3.67. The van der Waals surface area contributed by atoms with Crippen molar-refractivity contribution in [2.45, 2.75) is 32.6 Å². The Morgan fingerprint density at radius 2 is 1.94 bits per heavy atom. The van der Waals surface area contributed by atoms with Crippen molar-refractivity contribution in [1.29, 1.82) is 0 Å². The van der Waals surface area contributed by atoms with Crippen LogP contribution >= 0.6 is 0 Å². The fraction of sp³-hybridized carbons (Fsp3) is 0.292. The minimum atomic E-state index is -0.475. The lowest BCUT2D eigenvalue weighted by Gasteiger charge is -2.13. The van der Waals surface area contributed by atoms with E-state index in [1.807, 2.05) is 6.92 Å². The number of fused-ring (bicyclic) bond motifs is 2. The Balaban J connectivity index is 1.52. The Kier molecular flexibility index (Phi) is 7.07. The monoisotopic (exact) mass is 468 g/mol. The molecule has 0 radical (unpaired) electrons. The minimum Gasteiger partial charge on any atom is -0.493 e. The van der Waals surface area contributed by atoms with Gasteiger partial charge in [0.25, 0.3) is 0 Å². The van der Waals surface area contributed by atoms with Gasteiger partial charge < -0.3 is 19.2 Å². The maximum atomic E-state index is 15.0. The zero-order valence-corrected chi connectivity index (χ0v) is 18.9. The number of methoxy groups -OCH3 is 1. The van der Waals surface area contributed by atoms with Crippen molar-refractivity contribution in [3.05, 3.63) is 48.2 Å². The number of benzene rings is 2. The Bertz CT molecular complexity index is 1320. The molecule has 178 valence electrons. The number of nitrogens with zero attached hydrogens (tertiary/aromatic N) is 2. The number of hydrogen-bond acceptors (Lipinski definition) is 7. The number of aryl methyl sites for hydroxylation is 1. The summed E-state index contributed by atoms with van der Waals surface area (Å²) in [7, 11) is 1.52. The van der Waals surface area contributed by atoms with E-state index in [4.69, 9.17) is 19.4 Å². The van der Waals surface area contributed by atoms with Crippen LogP contribution in [0, 0.1) is 12.7 Å². The summed E-state index contributed by atoms with van der Waals surface area (Å²) in [6.07, 6.45) is 3.73. The highest BCUT2D eigenvalue weighted by atomic mass is 19.1. The maximum Gasteiger partial charge on any atom is 0.243 e. The third-order valence-electron chi connectivity index (χ3n) is 5.36. The highest BCUT2D eigenvalue weighted by Gasteiger charge is 2.16. The molecule has 0 bridgehead atoms. The van der Waals surface area contributed by atoms with Crippen LogP contribution in [0.1, 0.15) is 31.4 Å². The van der Waals surface area contributed by atoms with Gasteiger partial charge in [-0.1, -0.05) is 0 Å². The van der Waals surface area contributed by atoms with Crippen LogP contribution in [0.4, 0.5) is 4.39 Å². The zero-order valence-electron chi connectivity index (χ0n) is 18.9. The molecule has 0 aliphatic carbocycles. The summed E-state index contributed by atoms with van der Waals surface area (Å²) in [4.78, 5) is 22.6. The Labute approximate surface area is 194 Å². The number of ether oxygens (including phenoxy) is 3. The average Bonchev–Trinajstić information content (AvgIpc) is 3.23. The van der Waals surface area contributed by atoms with Gasteiger partial charge in [-0.25, -0.2) is 19.8 Å². The Morgan fingerprint density at radius 1 is 1.09 bits per heavy atom. The second-order valence-corrected chi connectivity index (χ2v) is 7.79. The van der Waals surface area contributed by atoms with Gasteiger partial charge in [0.15, 0.2) is 23.1 Å². The molecule has 0 saturated carbocycles. The lowest BCUT2D eigenvalue weighted by Crippen LogP contribution is -2.17. The molecule has 1 amide bonds. The smallest absolute Gasteiger partial charge is 0.243 e. The van der Waals surface area contributed by atoms with E-state index in [1.165, 1.54) is 13.4 Å². The van der Waals surface area contributed by atoms with Crippen molar-refractivity contribution in [3.8, 4) is 23.1 Å². The number of hydroxylamine groups is 1.